The SMILES string of the molecule is Cc1cc(C(=O)O)ccc1COc1ccc(F)c(F)c1. The van der Waals surface area contributed by atoms with Crippen molar-refractivity contribution in [1.29, 1.82) is 0 Å². The second kappa shape index (κ2) is 5.69. The lowest BCUT2D eigenvalue weighted by molar-refractivity contribution is 0.0696. The molecule has 0 radical (unpaired) electrons. The number of halogens is 2. The molecule has 20 heavy (non-hydrogen) atoms. The normalized spacial score (nSPS) is 10.3. The number of aryl methyl sites for hydroxylation is 1. The highest BCUT2D eigenvalue weighted by molar-refractivity contribution is 5.87. The summed E-state index contributed by atoms with van der Waals surface area (Å²) >= 11 is 0. The van der Waals surface area contributed by atoms with E-state index in [2.05, 4.69) is 0 Å². The van der Waals surface area contributed by atoms with E-state index in [1.807, 2.05) is 0 Å². The van der Waals surface area contributed by atoms with Gasteiger partial charge in [-0.2, -0.15) is 0 Å². The summed E-state index contributed by atoms with van der Waals surface area (Å²) in [5, 5.41) is 8.86. The van der Waals surface area contributed by atoms with Crippen molar-refractivity contribution in [3.05, 3.63) is 64.7 Å². The van der Waals surface area contributed by atoms with Crippen molar-refractivity contribution in [3.8, 4) is 5.75 Å². The van der Waals surface area contributed by atoms with Crippen molar-refractivity contribution < 1.29 is 23.4 Å². The Balaban J connectivity index is 2.10. The molecule has 0 saturated carbocycles. The van der Waals surface area contributed by atoms with Crippen molar-refractivity contribution in [2.75, 3.05) is 0 Å². The van der Waals surface area contributed by atoms with Crippen LogP contribution in [0.4, 0.5) is 8.78 Å². The Morgan fingerprint density at radius 2 is 1.90 bits per heavy atom. The maximum absolute atomic E-state index is 13.0. The zero-order valence-electron chi connectivity index (χ0n) is 10.7. The first-order valence-corrected chi connectivity index (χ1v) is 5.88. The predicted octanol–water partition coefficient (Wildman–Crippen LogP) is 3.55. The molecule has 0 fully saturated rings. The van der Waals surface area contributed by atoms with E-state index < -0.39 is 17.6 Å². The third kappa shape index (κ3) is 3.12. The van der Waals surface area contributed by atoms with Gasteiger partial charge >= 0.3 is 5.97 Å². The Hall–Kier alpha value is -2.43. The van der Waals surface area contributed by atoms with Crippen LogP contribution in [0.25, 0.3) is 0 Å². The van der Waals surface area contributed by atoms with Gasteiger partial charge in [-0.3, -0.25) is 0 Å². The quantitative estimate of drug-likeness (QED) is 0.930. The zero-order valence-corrected chi connectivity index (χ0v) is 10.7. The average Bonchev–Trinajstić information content (AvgIpc) is 2.41. The van der Waals surface area contributed by atoms with Crippen LogP contribution in [0.2, 0.25) is 0 Å². The number of rotatable bonds is 4. The Labute approximate surface area is 114 Å². The molecule has 0 bridgehead atoms. The van der Waals surface area contributed by atoms with Gasteiger partial charge in [-0.05, 0) is 42.3 Å². The monoisotopic (exact) mass is 278 g/mol. The van der Waals surface area contributed by atoms with Crippen LogP contribution in [0.3, 0.4) is 0 Å². The van der Waals surface area contributed by atoms with Gasteiger partial charge < -0.3 is 9.84 Å². The van der Waals surface area contributed by atoms with E-state index in [1.165, 1.54) is 18.2 Å². The van der Waals surface area contributed by atoms with Gasteiger partial charge in [0.05, 0.1) is 5.56 Å². The summed E-state index contributed by atoms with van der Waals surface area (Å²) in [6.07, 6.45) is 0. The molecule has 0 unspecified atom stereocenters. The maximum atomic E-state index is 13.0. The largest absolute Gasteiger partial charge is 0.489 e. The molecule has 0 amide bonds. The smallest absolute Gasteiger partial charge is 0.335 e. The fraction of sp³-hybridized carbons (Fsp3) is 0.133. The molecular formula is C15H12F2O3. The summed E-state index contributed by atoms with van der Waals surface area (Å²) in [6, 6.07) is 7.94. The minimum atomic E-state index is -0.999. The highest BCUT2D eigenvalue weighted by Crippen LogP contribution is 2.18. The number of benzene rings is 2. The summed E-state index contributed by atoms with van der Waals surface area (Å²) in [4.78, 5) is 10.8. The van der Waals surface area contributed by atoms with Gasteiger partial charge in [-0.1, -0.05) is 6.07 Å². The number of hydrogen-bond donors (Lipinski definition) is 1. The summed E-state index contributed by atoms with van der Waals surface area (Å²) in [5.41, 5.74) is 1.73. The van der Waals surface area contributed by atoms with E-state index in [9.17, 15) is 13.6 Å². The van der Waals surface area contributed by atoms with Gasteiger partial charge in [0.15, 0.2) is 11.6 Å². The molecule has 5 heteroatoms. The van der Waals surface area contributed by atoms with Crippen LogP contribution in [0, 0.1) is 18.6 Å². The van der Waals surface area contributed by atoms with Crippen LogP contribution in [-0.2, 0) is 6.61 Å². The number of carboxylic acids is 1. The van der Waals surface area contributed by atoms with Gasteiger partial charge in [0, 0.05) is 6.07 Å². The maximum Gasteiger partial charge on any atom is 0.335 e. The molecule has 0 spiro atoms. The van der Waals surface area contributed by atoms with E-state index >= 15 is 0 Å². The van der Waals surface area contributed by atoms with Gasteiger partial charge in [-0.25, -0.2) is 13.6 Å². The van der Waals surface area contributed by atoms with Gasteiger partial charge in [-0.15, -0.1) is 0 Å². The van der Waals surface area contributed by atoms with Gasteiger partial charge in [0.1, 0.15) is 12.4 Å². The summed E-state index contributed by atoms with van der Waals surface area (Å²) in [6.45, 7) is 1.91. The highest BCUT2D eigenvalue weighted by atomic mass is 19.2. The summed E-state index contributed by atoms with van der Waals surface area (Å²) in [5.74, 6) is -2.69. The number of ether oxygens (including phenoxy) is 1. The molecule has 0 aliphatic carbocycles. The molecule has 104 valence electrons. The van der Waals surface area contributed by atoms with Crippen molar-refractivity contribution in [2.45, 2.75) is 13.5 Å². The van der Waals surface area contributed by atoms with E-state index in [0.29, 0.717) is 0 Å². The fourth-order valence-electron chi connectivity index (χ4n) is 1.72. The Kier molecular flexibility index (Phi) is 3.98. The Morgan fingerprint density at radius 1 is 1.15 bits per heavy atom. The third-order valence-electron chi connectivity index (χ3n) is 2.87. The average molecular weight is 278 g/mol. The molecule has 0 aromatic heterocycles. The van der Waals surface area contributed by atoms with Crippen LogP contribution in [0.1, 0.15) is 21.5 Å². The molecule has 2 rings (SSSR count). The number of hydrogen-bond acceptors (Lipinski definition) is 2. The van der Waals surface area contributed by atoms with E-state index in [4.69, 9.17) is 9.84 Å². The van der Waals surface area contributed by atoms with Crippen LogP contribution < -0.4 is 4.74 Å². The lowest BCUT2D eigenvalue weighted by atomic mass is 10.1. The van der Waals surface area contributed by atoms with Gasteiger partial charge in [0.25, 0.3) is 0 Å². The topological polar surface area (TPSA) is 46.5 Å². The molecular weight excluding hydrogens is 266 g/mol. The summed E-state index contributed by atoms with van der Waals surface area (Å²) < 4.78 is 31.1. The minimum Gasteiger partial charge on any atom is -0.489 e. The van der Waals surface area contributed by atoms with E-state index in [0.717, 1.165) is 23.3 Å². The number of carboxylic acid groups (broad SMARTS) is 1. The second-order valence-electron chi connectivity index (χ2n) is 4.31. The van der Waals surface area contributed by atoms with Crippen LogP contribution >= 0.6 is 0 Å². The molecule has 2 aromatic rings. The van der Waals surface area contributed by atoms with Crippen molar-refractivity contribution >= 4 is 5.97 Å². The molecule has 0 saturated heterocycles. The minimum absolute atomic E-state index is 0.150. The Bertz CT molecular complexity index is 654. The molecule has 0 atom stereocenters. The molecule has 3 nitrogen and oxygen atoms in total. The van der Waals surface area contributed by atoms with Crippen LogP contribution in [0.15, 0.2) is 36.4 Å². The van der Waals surface area contributed by atoms with Crippen molar-refractivity contribution in [2.24, 2.45) is 0 Å². The van der Waals surface area contributed by atoms with E-state index in [-0.39, 0.29) is 17.9 Å². The standard InChI is InChI=1S/C15H12F2O3/c1-9-6-10(15(18)19)2-3-11(9)8-20-12-4-5-13(16)14(17)7-12/h2-7H,8H2,1H3,(H,18,19). The predicted molar refractivity (Wildman–Crippen MR) is 68.8 cm³/mol. The first kappa shape index (κ1) is 14.0. The van der Waals surface area contributed by atoms with E-state index in [1.54, 1.807) is 13.0 Å². The second-order valence-corrected chi connectivity index (χ2v) is 4.31. The molecule has 2 aromatic carbocycles. The van der Waals surface area contributed by atoms with Crippen LogP contribution in [-0.4, -0.2) is 11.1 Å². The fourth-order valence-corrected chi connectivity index (χ4v) is 1.72. The Morgan fingerprint density at radius 3 is 2.50 bits per heavy atom. The molecule has 1 N–H and O–H groups in total. The molecule has 0 aliphatic rings. The lowest BCUT2D eigenvalue weighted by Gasteiger charge is -2.09. The van der Waals surface area contributed by atoms with Gasteiger partial charge in [0.2, 0.25) is 0 Å². The van der Waals surface area contributed by atoms with Crippen molar-refractivity contribution in [1.82, 2.24) is 0 Å². The first-order chi connectivity index (χ1) is 9.47. The summed E-state index contributed by atoms with van der Waals surface area (Å²) in [7, 11) is 0. The highest BCUT2D eigenvalue weighted by Gasteiger charge is 2.07. The molecule has 0 aliphatic heterocycles. The zero-order chi connectivity index (χ0) is 14.7. The van der Waals surface area contributed by atoms with Crippen molar-refractivity contribution in [3.63, 3.8) is 0 Å². The van der Waals surface area contributed by atoms with Crippen LogP contribution in [0.5, 0.6) is 5.75 Å². The number of carbonyl (C=O) groups is 1. The number of aromatic carboxylic acids is 1. The third-order valence-corrected chi connectivity index (χ3v) is 2.87. The molecule has 0 heterocycles. The first-order valence-electron chi connectivity index (χ1n) is 5.88. The lowest BCUT2D eigenvalue weighted by Crippen LogP contribution is -2.02.